The molecule has 0 spiro atoms. The summed E-state index contributed by atoms with van der Waals surface area (Å²) in [7, 11) is 0. The number of nitrogens with zero attached hydrogens (tertiary/aromatic N) is 2. The predicted octanol–water partition coefficient (Wildman–Crippen LogP) is 5.97. The molecule has 0 aliphatic rings. The highest BCUT2D eigenvalue weighted by atomic mass is 16.2. The van der Waals surface area contributed by atoms with Crippen molar-refractivity contribution < 1.29 is 9.59 Å². The Morgan fingerprint density at radius 1 is 0.588 bits per heavy atom. The molecule has 0 radical (unpaired) electrons. The SMILES string of the molecule is CCCC/C(=N\NC(=O)CCCCC(=O)N/N=C(\CCCC)c1ccccc1)c1ccccc1. The van der Waals surface area contributed by atoms with Crippen LogP contribution in [-0.4, -0.2) is 23.2 Å². The van der Waals surface area contributed by atoms with Gasteiger partial charge in [0, 0.05) is 12.8 Å². The lowest BCUT2D eigenvalue weighted by Crippen LogP contribution is -2.21. The molecular formula is C28H38N4O2. The Labute approximate surface area is 203 Å². The Morgan fingerprint density at radius 2 is 0.971 bits per heavy atom. The maximum Gasteiger partial charge on any atom is 0.240 e. The van der Waals surface area contributed by atoms with Gasteiger partial charge in [0.05, 0.1) is 11.4 Å². The van der Waals surface area contributed by atoms with E-state index in [2.05, 4.69) is 34.9 Å². The van der Waals surface area contributed by atoms with Gasteiger partial charge in [0.1, 0.15) is 0 Å². The largest absolute Gasteiger partial charge is 0.273 e. The van der Waals surface area contributed by atoms with E-state index in [-0.39, 0.29) is 11.8 Å². The number of hydrogen-bond acceptors (Lipinski definition) is 4. The molecule has 0 fully saturated rings. The molecular weight excluding hydrogens is 424 g/mol. The molecule has 182 valence electrons. The van der Waals surface area contributed by atoms with E-state index >= 15 is 0 Å². The van der Waals surface area contributed by atoms with E-state index in [1.54, 1.807) is 0 Å². The monoisotopic (exact) mass is 462 g/mol. The van der Waals surface area contributed by atoms with Crippen LogP contribution in [0.3, 0.4) is 0 Å². The molecule has 0 atom stereocenters. The van der Waals surface area contributed by atoms with Crippen LogP contribution in [0.25, 0.3) is 0 Å². The van der Waals surface area contributed by atoms with Gasteiger partial charge < -0.3 is 0 Å². The molecule has 2 amide bonds. The normalized spacial score (nSPS) is 11.8. The molecule has 2 aromatic carbocycles. The number of rotatable bonds is 15. The van der Waals surface area contributed by atoms with Crippen molar-refractivity contribution in [1.29, 1.82) is 0 Å². The fraction of sp³-hybridized carbons (Fsp3) is 0.429. The van der Waals surface area contributed by atoms with Gasteiger partial charge in [-0.1, -0.05) is 87.4 Å². The fourth-order valence-electron chi connectivity index (χ4n) is 3.42. The van der Waals surface area contributed by atoms with Crippen LogP contribution < -0.4 is 10.9 Å². The second kappa shape index (κ2) is 16.4. The summed E-state index contributed by atoms with van der Waals surface area (Å²) in [5, 5.41) is 8.73. The van der Waals surface area contributed by atoms with Crippen molar-refractivity contribution in [2.75, 3.05) is 0 Å². The molecule has 6 nitrogen and oxygen atoms in total. The summed E-state index contributed by atoms with van der Waals surface area (Å²) in [5.41, 5.74) is 9.21. The van der Waals surface area contributed by atoms with Gasteiger partial charge in [0.25, 0.3) is 0 Å². The van der Waals surface area contributed by atoms with Crippen molar-refractivity contribution in [3.63, 3.8) is 0 Å². The van der Waals surface area contributed by atoms with Crippen molar-refractivity contribution >= 4 is 23.2 Å². The van der Waals surface area contributed by atoms with Crippen LogP contribution in [0, 0.1) is 0 Å². The Hall–Kier alpha value is -3.28. The Bertz CT molecular complexity index is 846. The molecule has 0 saturated heterocycles. The van der Waals surface area contributed by atoms with E-state index in [0.717, 1.165) is 61.1 Å². The number of carbonyl (C=O) groups excluding carboxylic acids is 2. The molecule has 0 bridgehead atoms. The van der Waals surface area contributed by atoms with Crippen LogP contribution in [0.15, 0.2) is 70.9 Å². The highest BCUT2D eigenvalue weighted by Gasteiger charge is 2.08. The highest BCUT2D eigenvalue weighted by molar-refractivity contribution is 6.01. The van der Waals surface area contributed by atoms with Gasteiger partial charge >= 0.3 is 0 Å². The van der Waals surface area contributed by atoms with Gasteiger partial charge in [0.15, 0.2) is 0 Å². The molecule has 6 heteroatoms. The molecule has 34 heavy (non-hydrogen) atoms. The minimum Gasteiger partial charge on any atom is -0.273 e. The second-order valence-corrected chi connectivity index (χ2v) is 8.33. The first kappa shape index (κ1) is 27.0. The van der Waals surface area contributed by atoms with Crippen molar-refractivity contribution in [2.45, 2.75) is 78.1 Å². The average molecular weight is 463 g/mol. The number of hydrazone groups is 2. The number of carbonyl (C=O) groups is 2. The van der Waals surface area contributed by atoms with Crippen molar-refractivity contribution in [3.05, 3.63) is 71.8 Å². The molecule has 2 aromatic rings. The van der Waals surface area contributed by atoms with Gasteiger partial charge in [-0.15, -0.1) is 0 Å². The summed E-state index contributed by atoms with van der Waals surface area (Å²) in [6, 6.07) is 19.9. The van der Waals surface area contributed by atoms with Crippen LogP contribution in [0.5, 0.6) is 0 Å². The summed E-state index contributed by atoms with van der Waals surface area (Å²) in [5.74, 6) is -0.261. The van der Waals surface area contributed by atoms with E-state index < -0.39 is 0 Å². The third-order valence-electron chi connectivity index (χ3n) is 5.44. The first-order valence-corrected chi connectivity index (χ1v) is 12.5. The molecule has 0 heterocycles. The third-order valence-corrected chi connectivity index (χ3v) is 5.44. The molecule has 0 aromatic heterocycles. The zero-order chi connectivity index (χ0) is 24.4. The minimum atomic E-state index is -0.130. The maximum atomic E-state index is 12.2. The van der Waals surface area contributed by atoms with Crippen LogP contribution in [0.4, 0.5) is 0 Å². The van der Waals surface area contributed by atoms with Gasteiger partial charge in [0.2, 0.25) is 11.8 Å². The van der Waals surface area contributed by atoms with E-state index in [1.165, 1.54) is 0 Å². The van der Waals surface area contributed by atoms with Gasteiger partial charge in [-0.05, 0) is 49.7 Å². The second-order valence-electron chi connectivity index (χ2n) is 8.33. The average Bonchev–Trinajstić information content (AvgIpc) is 2.88. The number of unbranched alkanes of at least 4 members (excludes halogenated alkanes) is 3. The van der Waals surface area contributed by atoms with Crippen molar-refractivity contribution in [2.24, 2.45) is 10.2 Å². The molecule has 2 rings (SSSR count). The zero-order valence-electron chi connectivity index (χ0n) is 20.6. The summed E-state index contributed by atoms with van der Waals surface area (Å²) in [6.07, 6.45) is 7.73. The summed E-state index contributed by atoms with van der Waals surface area (Å²) < 4.78 is 0. The van der Waals surface area contributed by atoms with E-state index in [4.69, 9.17) is 0 Å². The van der Waals surface area contributed by atoms with E-state index in [1.807, 2.05) is 60.7 Å². The number of hydrogen-bond donors (Lipinski definition) is 2. The van der Waals surface area contributed by atoms with Crippen LogP contribution in [0.1, 0.15) is 89.2 Å². The van der Waals surface area contributed by atoms with E-state index in [0.29, 0.717) is 25.7 Å². The van der Waals surface area contributed by atoms with Gasteiger partial charge in [-0.2, -0.15) is 10.2 Å². The quantitative estimate of drug-likeness (QED) is 0.194. The van der Waals surface area contributed by atoms with Gasteiger partial charge in [-0.25, -0.2) is 10.9 Å². The third kappa shape index (κ3) is 10.6. The smallest absolute Gasteiger partial charge is 0.240 e. The van der Waals surface area contributed by atoms with Crippen molar-refractivity contribution in [1.82, 2.24) is 10.9 Å². The molecule has 0 saturated carbocycles. The molecule has 0 aliphatic carbocycles. The Morgan fingerprint density at radius 3 is 1.32 bits per heavy atom. The Kier molecular flexibility index (Phi) is 13.0. The summed E-state index contributed by atoms with van der Waals surface area (Å²) in [6.45, 7) is 4.27. The lowest BCUT2D eigenvalue weighted by Gasteiger charge is -2.08. The summed E-state index contributed by atoms with van der Waals surface area (Å²) >= 11 is 0. The van der Waals surface area contributed by atoms with Crippen LogP contribution in [0.2, 0.25) is 0 Å². The Balaban J connectivity index is 1.76. The van der Waals surface area contributed by atoms with Crippen molar-refractivity contribution in [3.8, 4) is 0 Å². The lowest BCUT2D eigenvalue weighted by molar-refractivity contribution is -0.123. The first-order chi connectivity index (χ1) is 16.6. The fourth-order valence-corrected chi connectivity index (χ4v) is 3.42. The van der Waals surface area contributed by atoms with Crippen LogP contribution >= 0.6 is 0 Å². The molecule has 0 aliphatic heterocycles. The highest BCUT2D eigenvalue weighted by Crippen LogP contribution is 2.09. The van der Waals surface area contributed by atoms with Gasteiger partial charge in [-0.3, -0.25) is 9.59 Å². The maximum absolute atomic E-state index is 12.2. The number of amides is 2. The molecule has 0 unspecified atom stereocenters. The predicted molar refractivity (Wildman–Crippen MR) is 140 cm³/mol. The zero-order valence-corrected chi connectivity index (χ0v) is 20.6. The lowest BCUT2D eigenvalue weighted by atomic mass is 10.1. The molecule has 2 N–H and O–H groups in total. The standard InChI is InChI=1S/C28H38N4O2/c1-3-5-19-25(23-15-9-7-10-16-23)29-31-27(33)21-13-14-22-28(34)32-30-26(20-6-4-2)24-17-11-8-12-18-24/h7-12,15-18H,3-6,13-14,19-22H2,1-2H3,(H,31,33)(H,32,34)/b29-25+,30-26+. The summed E-state index contributed by atoms with van der Waals surface area (Å²) in [4.78, 5) is 24.5. The number of benzene rings is 2. The van der Waals surface area contributed by atoms with E-state index in [9.17, 15) is 9.59 Å². The number of nitrogens with one attached hydrogen (secondary N) is 2. The van der Waals surface area contributed by atoms with Crippen LogP contribution in [-0.2, 0) is 9.59 Å². The topological polar surface area (TPSA) is 82.9 Å². The minimum absolute atomic E-state index is 0.130. The first-order valence-electron chi connectivity index (χ1n) is 12.5.